The molecule has 0 spiro atoms. The van der Waals surface area contributed by atoms with E-state index in [9.17, 15) is 8.42 Å². The Labute approximate surface area is 92.1 Å². The highest BCUT2D eigenvalue weighted by molar-refractivity contribution is 7.92. The summed E-state index contributed by atoms with van der Waals surface area (Å²) in [5, 5.41) is -0.225. The first-order valence-corrected chi connectivity index (χ1v) is 7.08. The predicted molar refractivity (Wildman–Crippen MR) is 60.5 cm³/mol. The molecule has 15 heavy (non-hydrogen) atoms. The molecule has 1 aliphatic rings. The van der Waals surface area contributed by atoms with Gasteiger partial charge < -0.3 is 10.5 Å². The van der Waals surface area contributed by atoms with Crippen LogP contribution in [0, 0.1) is 5.41 Å². The normalized spacial score (nSPS) is 20.5. The second-order valence-electron chi connectivity index (χ2n) is 4.99. The van der Waals surface area contributed by atoms with Gasteiger partial charge in [0.25, 0.3) is 0 Å². The monoisotopic (exact) mass is 235 g/mol. The molecule has 0 aromatic rings. The fourth-order valence-electron chi connectivity index (χ4n) is 1.76. The molecule has 1 aliphatic heterocycles. The van der Waals surface area contributed by atoms with E-state index in [0.29, 0.717) is 32.6 Å². The Morgan fingerprint density at radius 1 is 1.33 bits per heavy atom. The van der Waals surface area contributed by atoms with Gasteiger partial charge >= 0.3 is 0 Å². The molecule has 0 aliphatic carbocycles. The first-order chi connectivity index (χ1) is 6.87. The molecule has 0 aromatic heterocycles. The second-order valence-corrected chi connectivity index (χ2v) is 7.27. The van der Waals surface area contributed by atoms with Crippen molar-refractivity contribution in [1.82, 2.24) is 0 Å². The average molecular weight is 235 g/mol. The summed E-state index contributed by atoms with van der Waals surface area (Å²) in [6.07, 6.45) is 1.26. The van der Waals surface area contributed by atoms with Crippen molar-refractivity contribution in [1.29, 1.82) is 0 Å². The van der Waals surface area contributed by atoms with Crippen molar-refractivity contribution in [3.05, 3.63) is 0 Å². The van der Waals surface area contributed by atoms with Crippen LogP contribution in [0.2, 0.25) is 0 Å². The first-order valence-electron chi connectivity index (χ1n) is 5.37. The van der Waals surface area contributed by atoms with Crippen LogP contribution in [0.3, 0.4) is 0 Å². The third-order valence-corrected chi connectivity index (χ3v) is 5.49. The Kier molecular flexibility index (Phi) is 4.14. The minimum absolute atomic E-state index is 0.182. The molecule has 0 unspecified atom stereocenters. The SMILES string of the molecule is CC(C)(CN)CS(=O)(=O)C1CCOCC1. The highest BCUT2D eigenvalue weighted by atomic mass is 32.2. The summed E-state index contributed by atoms with van der Waals surface area (Å²) >= 11 is 0. The van der Waals surface area contributed by atoms with Gasteiger partial charge in [-0.05, 0) is 24.8 Å². The van der Waals surface area contributed by atoms with Gasteiger partial charge in [0.15, 0.2) is 9.84 Å². The number of ether oxygens (including phenoxy) is 1. The Hall–Kier alpha value is -0.130. The van der Waals surface area contributed by atoms with Crippen molar-refractivity contribution >= 4 is 9.84 Å². The van der Waals surface area contributed by atoms with E-state index in [-0.39, 0.29) is 16.4 Å². The molecule has 1 rings (SSSR count). The Bertz CT molecular complexity index is 292. The van der Waals surface area contributed by atoms with Crippen molar-refractivity contribution in [2.24, 2.45) is 11.1 Å². The lowest BCUT2D eigenvalue weighted by Gasteiger charge is -2.27. The topological polar surface area (TPSA) is 69.4 Å². The number of hydrogen-bond donors (Lipinski definition) is 1. The van der Waals surface area contributed by atoms with Gasteiger partial charge in [0.2, 0.25) is 0 Å². The molecular formula is C10H21NO3S. The molecule has 0 bridgehead atoms. The van der Waals surface area contributed by atoms with Crippen LogP contribution in [0.5, 0.6) is 0 Å². The highest BCUT2D eigenvalue weighted by Crippen LogP contribution is 2.23. The standard InChI is InChI=1S/C10H21NO3S/c1-10(2,7-11)8-15(12,13)9-3-5-14-6-4-9/h9H,3-8,11H2,1-2H3. The quantitative estimate of drug-likeness (QED) is 0.773. The number of hydrogen-bond acceptors (Lipinski definition) is 4. The molecule has 1 saturated heterocycles. The maximum absolute atomic E-state index is 12.0. The van der Waals surface area contributed by atoms with Crippen molar-refractivity contribution in [2.45, 2.75) is 31.9 Å². The van der Waals surface area contributed by atoms with E-state index in [0.717, 1.165) is 0 Å². The van der Waals surface area contributed by atoms with Gasteiger partial charge in [-0.3, -0.25) is 0 Å². The molecular weight excluding hydrogens is 214 g/mol. The molecule has 0 radical (unpaired) electrons. The van der Waals surface area contributed by atoms with Crippen molar-refractivity contribution in [3.63, 3.8) is 0 Å². The van der Waals surface area contributed by atoms with Crippen LogP contribution in [-0.4, -0.2) is 39.2 Å². The van der Waals surface area contributed by atoms with Crippen LogP contribution in [0.1, 0.15) is 26.7 Å². The van der Waals surface area contributed by atoms with Crippen molar-refractivity contribution in [3.8, 4) is 0 Å². The smallest absolute Gasteiger partial charge is 0.153 e. The zero-order valence-corrected chi connectivity index (χ0v) is 10.3. The average Bonchev–Trinajstić information content (AvgIpc) is 2.18. The lowest BCUT2D eigenvalue weighted by Crippen LogP contribution is -2.38. The van der Waals surface area contributed by atoms with E-state index in [4.69, 9.17) is 10.5 Å². The first kappa shape index (κ1) is 12.9. The van der Waals surface area contributed by atoms with E-state index in [1.807, 2.05) is 13.8 Å². The van der Waals surface area contributed by atoms with Crippen LogP contribution < -0.4 is 5.73 Å². The van der Waals surface area contributed by atoms with Crippen LogP contribution in [0.15, 0.2) is 0 Å². The van der Waals surface area contributed by atoms with E-state index in [1.54, 1.807) is 0 Å². The van der Waals surface area contributed by atoms with Crippen LogP contribution in [0.25, 0.3) is 0 Å². The Balaban J connectivity index is 2.65. The van der Waals surface area contributed by atoms with Gasteiger partial charge in [-0.15, -0.1) is 0 Å². The number of sulfone groups is 1. The molecule has 0 atom stereocenters. The highest BCUT2D eigenvalue weighted by Gasteiger charge is 2.32. The van der Waals surface area contributed by atoms with Gasteiger partial charge in [-0.2, -0.15) is 0 Å². The summed E-state index contributed by atoms with van der Waals surface area (Å²) in [6.45, 7) is 5.31. The van der Waals surface area contributed by atoms with E-state index in [1.165, 1.54) is 0 Å². The Morgan fingerprint density at radius 2 is 1.87 bits per heavy atom. The molecule has 5 heteroatoms. The zero-order valence-electron chi connectivity index (χ0n) is 9.53. The van der Waals surface area contributed by atoms with Crippen LogP contribution >= 0.6 is 0 Å². The third-order valence-electron chi connectivity index (χ3n) is 2.82. The van der Waals surface area contributed by atoms with Crippen molar-refractivity contribution < 1.29 is 13.2 Å². The van der Waals surface area contributed by atoms with Gasteiger partial charge in [-0.25, -0.2) is 8.42 Å². The molecule has 90 valence electrons. The third kappa shape index (κ3) is 3.74. The molecule has 1 heterocycles. The fourth-order valence-corrected chi connectivity index (χ4v) is 4.11. The predicted octanol–water partition coefficient (Wildman–Crippen LogP) is 0.565. The summed E-state index contributed by atoms with van der Waals surface area (Å²) in [7, 11) is -3.01. The van der Waals surface area contributed by atoms with E-state index < -0.39 is 9.84 Å². The van der Waals surface area contributed by atoms with E-state index >= 15 is 0 Å². The lowest BCUT2D eigenvalue weighted by molar-refractivity contribution is 0.0982. The zero-order chi connectivity index (χ0) is 11.5. The number of rotatable bonds is 4. The largest absolute Gasteiger partial charge is 0.381 e. The van der Waals surface area contributed by atoms with Gasteiger partial charge in [0.1, 0.15) is 0 Å². The molecule has 1 fully saturated rings. The molecule has 0 amide bonds. The minimum atomic E-state index is -3.01. The fraction of sp³-hybridized carbons (Fsp3) is 1.00. The van der Waals surface area contributed by atoms with Crippen molar-refractivity contribution in [2.75, 3.05) is 25.5 Å². The summed E-state index contributed by atoms with van der Waals surface area (Å²) in [5.74, 6) is 0.182. The minimum Gasteiger partial charge on any atom is -0.381 e. The summed E-state index contributed by atoms with van der Waals surface area (Å²) in [5.41, 5.74) is 5.23. The number of nitrogens with two attached hydrogens (primary N) is 1. The van der Waals surface area contributed by atoms with Gasteiger partial charge in [0, 0.05) is 13.2 Å². The summed E-state index contributed by atoms with van der Waals surface area (Å²) < 4.78 is 29.3. The van der Waals surface area contributed by atoms with E-state index in [2.05, 4.69) is 0 Å². The van der Waals surface area contributed by atoms with Crippen LogP contribution in [0.4, 0.5) is 0 Å². The van der Waals surface area contributed by atoms with Crippen LogP contribution in [-0.2, 0) is 14.6 Å². The summed E-state index contributed by atoms with van der Waals surface area (Å²) in [4.78, 5) is 0. The molecule has 4 nitrogen and oxygen atoms in total. The Morgan fingerprint density at radius 3 is 2.33 bits per heavy atom. The lowest BCUT2D eigenvalue weighted by atomic mass is 9.97. The van der Waals surface area contributed by atoms with Gasteiger partial charge in [-0.1, -0.05) is 13.8 Å². The molecule has 0 saturated carbocycles. The van der Waals surface area contributed by atoms with Gasteiger partial charge in [0.05, 0.1) is 11.0 Å². The molecule has 0 aromatic carbocycles. The summed E-state index contributed by atoms with van der Waals surface area (Å²) in [6, 6.07) is 0. The maximum atomic E-state index is 12.0. The second kappa shape index (κ2) is 4.80. The maximum Gasteiger partial charge on any atom is 0.153 e. The molecule has 2 N–H and O–H groups in total.